The van der Waals surface area contributed by atoms with Crippen molar-refractivity contribution in [1.29, 1.82) is 0 Å². The van der Waals surface area contributed by atoms with Crippen LogP contribution in [0.25, 0.3) is 54.6 Å². The van der Waals surface area contributed by atoms with Gasteiger partial charge in [0.1, 0.15) is 5.84 Å². The van der Waals surface area contributed by atoms with Crippen molar-refractivity contribution in [3.63, 3.8) is 0 Å². The predicted molar refractivity (Wildman–Crippen MR) is 206 cm³/mol. The summed E-state index contributed by atoms with van der Waals surface area (Å²) in [6.45, 7) is 0. The van der Waals surface area contributed by atoms with Gasteiger partial charge in [0.25, 0.3) is 0 Å². The number of fused-ring (bicyclic) bond motifs is 6. The van der Waals surface area contributed by atoms with Crippen LogP contribution in [0.2, 0.25) is 0 Å². The van der Waals surface area contributed by atoms with Gasteiger partial charge < -0.3 is 4.90 Å². The van der Waals surface area contributed by atoms with Crippen molar-refractivity contribution in [2.75, 3.05) is 7.05 Å². The Labute approximate surface area is 286 Å². The Balaban J connectivity index is 1.16. The van der Waals surface area contributed by atoms with E-state index in [0.717, 1.165) is 39.5 Å². The molecule has 1 aliphatic heterocycles. The van der Waals surface area contributed by atoms with Crippen molar-refractivity contribution >= 4 is 44.0 Å². The highest BCUT2D eigenvalue weighted by Gasteiger charge is 2.27. The van der Waals surface area contributed by atoms with Crippen LogP contribution in [-0.2, 0) is 0 Å². The lowest BCUT2D eigenvalue weighted by Crippen LogP contribution is -2.35. The third-order valence-corrected chi connectivity index (χ3v) is 9.68. The summed E-state index contributed by atoms with van der Waals surface area (Å²) in [4.78, 5) is 12.7. The molecule has 0 radical (unpaired) electrons. The van der Waals surface area contributed by atoms with Gasteiger partial charge in [-0.15, -0.1) is 0 Å². The summed E-state index contributed by atoms with van der Waals surface area (Å²) in [5, 5.41) is 7.68. The molecule has 3 heteroatoms. The molecule has 8 aromatic rings. The molecule has 0 amide bonds. The van der Waals surface area contributed by atoms with Crippen LogP contribution < -0.4 is 0 Å². The normalized spacial score (nSPS) is 14.6. The Morgan fingerprint density at radius 3 is 1.55 bits per heavy atom. The number of nitrogens with zero attached hydrogens (tertiary/aromatic N) is 3. The van der Waals surface area contributed by atoms with E-state index in [0.29, 0.717) is 0 Å². The maximum atomic E-state index is 5.33. The fourth-order valence-electron chi connectivity index (χ4n) is 7.25. The van der Waals surface area contributed by atoms with Gasteiger partial charge in [0.2, 0.25) is 0 Å². The monoisotopic (exact) mass is 627 g/mol. The van der Waals surface area contributed by atoms with Crippen LogP contribution in [0.15, 0.2) is 186 Å². The van der Waals surface area contributed by atoms with Gasteiger partial charge in [-0.3, -0.25) is 0 Å². The number of hydrogen-bond donors (Lipinski definition) is 0. The zero-order valence-electron chi connectivity index (χ0n) is 27.2. The minimum absolute atomic E-state index is 0.256. The number of rotatable bonds is 5. The quantitative estimate of drug-likeness (QED) is 0.175. The smallest absolute Gasteiger partial charge is 0.159 e. The van der Waals surface area contributed by atoms with E-state index in [2.05, 4.69) is 176 Å². The molecule has 8 aromatic carbocycles. The third-order valence-electron chi connectivity index (χ3n) is 9.68. The Morgan fingerprint density at radius 2 is 0.878 bits per heavy atom. The van der Waals surface area contributed by atoms with Gasteiger partial charge >= 0.3 is 0 Å². The van der Waals surface area contributed by atoms with E-state index in [-0.39, 0.29) is 6.17 Å². The average Bonchev–Trinajstić information content (AvgIpc) is 3.19. The van der Waals surface area contributed by atoms with Crippen LogP contribution in [0.1, 0.15) is 22.9 Å². The maximum Gasteiger partial charge on any atom is 0.159 e. The van der Waals surface area contributed by atoms with Gasteiger partial charge in [0.05, 0.1) is 0 Å². The van der Waals surface area contributed by atoms with Crippen molar-refractivity contribution in [2.24, 2.45) is 9.98 Å². The molecule has 1 unspecified atom stereocenters. The molecule has 0 spiro atoms. The first-order valence-corrected chi connectivity index (χ1v) is 16.8. The largest absolute Gasteiger partial charge is 0.333 e. The van der Waals surface area contributed by atoms with Gasteiger partial charge in [0, 0.05) is 18.2 Å². The topological polar surface area (TPSA) is 28.0 Å². The van der Waals surface area contributed by atoms with Gasteiger partial charge in [-0.2, -0.15) is 0 Å². The average molecular weight is 628 g/mol. The lowest BCUT2D eigenvalue weighted by molar-refractivity contribution is 0.383. The number of benzene rings is 8. The first kappa shape index (κ1) is 28.9. The summed E-state index contributed by atoms with van der Waals surface area (Å²) in [6.07, 6.45) is -0.256. The molecule has 9 rings (SSSR count). The zero-order valence-corrected chi connectivity index (χ0v) is 27.2. The maximum absolute atomic E-state index is 5.33. The number of hydrogen-bond acceptors (Lipinski definition) is 3. The van der Waals surface area contributed by atoms with Crippen LogP contribution in [-0.4, -0.2) is 23.6 Å². The summed E-state index contributed by atoms with van der Waals surface area (Å²) >= 11 is 0. The number of amidine groups is 2. The lowest BCUT2D eigenvalue weighted by Gasteiger charge is -2.32. The molecule has 49 heavy (non-hydrogen) atoms. The second-order valence-electron chi connectivity index (χ2n) is 12.7. The first-order chi connectivity index (χ1) is 24.2. The summed E-state index contributed by atoms with van der Waals surface area (Å²) in [5.41, 5.74) is 7.84. The molecule has 0 aromatic heterocycles. The number of aliphatic imine (C=N–C) groups is 2. The molecule has 0 saturated carbocycles. The van der Waals surface area contributed by atoms with Crippen molar-refractivity contribution in [3.05, 3.63) is 193 Å². The summed E-state index contributed by atoms with van der Waals surface area (Å²) in [7, 11) is 2.09. The summed E-state index contributed by atoms with van der Waals surface area (Å²) in [5.74, 6) is 1.63. The van der Waals surface area contributed by atoms with E-state index in [1.807, 2.05) is 12.1 Å². The minimum Gasteiger partial charge on any atom is -0.333 e. The zero-order chi connectivity index (χ0) is 32.7. The summed E-state index contributed by atoms with van der Waals surface area (Å²) < 4.78 is 0. The first-order valence-electron chi connectivity index (χ1n) is 16.8. The molecule has 0 bridgehead atoms. The van der Waals surface area contributed by atoms with Crippen LogP contribution in [0.3, 0.4) is 0 Å². The Kier molecular flexibility index (Phi) is 7.09. The molecule has 1 aliphatic rings. The second-order valence-corrected chi connectivity index (χ2v) is 12.7. The molecule has 0 N–H and O–H groups in total. The summed E-state index contributed by atoms with van der Waals surface area (Å²) in [6, 6.07) is 62.7. The van der Waals surface area contributed by atoms with Crippen molar-refractivity contribution in [2.45, 2.75) is 6.17 Å². The van der Waals surface area contributed by atoms with Crippen LogP contribution in [0.4, 0.5) is 0 Å². The molecule has 0 fully saturated rings. The van der Waals surface area contributed by atoms with Crippen molar-refractivity contribution in [3.8, 4) is 22.3 Å². The SMILES string of the molecule is CN1C(c2ccccc2)=NC(c2cccc(-c3ccccc3)c2)=NC1c1cccc(-c2ccc3c4ccccc4c4ccccc4c3c2)c1. The highest BCUT2D eigenvalue weighted by atomic mass is 15.3. The molecule has 232 valence electrons. The van der Waals surface area contributed by atoms with Crippen LogP contribution in [0, 0.1) is 0 Å². The van der Waals surface area contributed by atoms with Gasteiger partial charge in [0.15, 0.2) is 12.0 Å². The van der Waals surface area contributed by atoms with Crippen molar-refractivity contribution in [1.82, 2.24) is 4.90 Å². The fraction of sp³-hybridized carbons (Fsp3) is 0.0435. The van der Waals surface area contributed by atoms with Gasteiger partial charge in [-0.05, 0) is 78.3 Å². The molecule has 1 heterocycles. The van der Waals surface area contributed by atoms with E-state index in [4.69, 9.17) is 9.98 Å². The highest BCUT2D eigenvalue weighted by Crippen LogP contribution is 2.38. The van der Waals surface area contributed by atoms with Gasteiger partial charge in [-0.1, -0.05) is 158 Å². The van der Waals surface area contributed by atoms with E-state index in [1.165, 1.54) is 43.4 Å². The van der Waals surface area contributed by atoms with Crippen LogP contribution >= 0.6 is 0 Å². The van der Waals surface area contributed by atoms with E-state index in [9.17, 15) is 0 Å². The third kappa shape index (κ3) is 5.17. The second kappa shape index (κ2) is 12.0. The molecule has 0 aliphatic carbocycles. The van der Waals surface area contributed by atoms with Crippen LogP contribution in [0.5, 0.6) is 0 Å². The molecule has 3 nitrogen and oxygen atoms in total. The molecular formula is C46H33N3. The Bertz CT molecular complexity index is 2530. The lowest BCUT2D eigenvalue weighted by atomic mass is 9.91. The molecule has 0 saturated heterocycles. The van der Waals surface area contributed by atoms with Crippen molar-refractivity contribution < 1.29 is 0 Å². The molecule has 1 atom stereocenters. The van der Waals surface area contributed by atoms with E-state index >= 15 is 0 Å². The molecular weight excluding hydrogens is 595 g/mol. The standard InChI is InChI=1S/C46H33N3/c1-49-45(32-16-6-3-7-17-32)47-44(36-20-12-18-33(28-36)31-14-4-2-5-15-31)48-46(49)37-21-13-19-34(29-37)35-26-27-42-40-24-9-8-22-38(40)39-23-10-11-25-41(39)43(42)30-35/h2-30,46H,1H3. The van der Waals surface area contributed by atoms with Gasteiger partial charge in [-0.25, -0.2) is 9.98 Å². The Hall–Kier alpha value is -6.32. The highest BCUT2D eigenvalue weighted by molar-refractivity contribution is 6.25. The predicted octanol–water partition coefficient (Wildman–Crippen LogP) is 11.3. The fourth-order valence-corrected chi connectivity index (χ4v) is 7.25. The van der Waals surface area contributed by atoms with E-state index < -0.39 is 0 Å². The Morgan fingerprint density at radius 1 is 0.388 bits per heavy atom. The minimum atomic E-state index is -0.256. The van der Waals surface area contributed by atoms with E-state index in [1.54, 1.807) is 0 Å².